The standard InChI is InChI=1S/C39H45IN6O9S2/c1-26(46(38(47)48)39(2,3)4)25-56(49,50)34-21-20-33(40)35(37-41-43-45(42-37)24-29-12-18-32(55-7)19-13-29)36(34)57(51,52)44(22-27-8-14-30(53-5)15-9-27)23-28-10-16-31(54-6)17-11-28/h8-21,26H,22-25H2,1-7H3,(H,47,48)/t26-/m0/s1. The van der Waals surface area contributed by atoms with Crippen molar-refractivity contribution in [2.24, 2.45) is 0 Å². The third kappa shape index (κ3) is 10.2. The van der Waals surface area contributed by atoms with E-state index in [1.165, 1.54) is 42.4 Å². The number of tetrazole rings is 1. The first kappa shape index (κ1) is 43.3. The van der Waals surface area contributed by atoms with Gasteiger partial charge in [0.25, 0.3) is 0 Å². The summed E-state index contributed by atoms with van der Waals surface area (Å²) in [6.07, 6.45) is -1.32. The molecule has 0 fully saturated rings. The highest BCUT2D eigenvalue weighted by Crippen LogP contribution is 2.39. The molecule has 5 rings (SSSR count). The fraction of sp³-hybridized carbons (Fsp3) is 0.333. The normalized spacial score (nSPS) is 12.6. The van der Waals surface area contributed by atoms with E-state index in [4.69, 9.17) is 14.2 Å². The maximum absolute atomic E-state index is 15.5. The molecule has 57 heavy (non-hydrogen) atoms. The van der Waals surface area contributed by atoms with E-state index in [2.05, 4.69) is 15.4 Å². The van der Waals surface area contributed by atoms with Gasteiger partial charge < -0.3 is 19.3 Å². The molecular formula is C39H45IN6O9S2. The van der Waals surface area contributed by atoms with E-state index in [0.717, 1.165) is 10.5 Å². The largest absolute Gasteiger partial charge is 0.497 e. The van der Waals surface area contributed by atoms with Gasteiger partial charge in [-0.25, -0.2) is 21.6 Å². The number of rotatable bonds is 16. The van der Waals surface area contributed by atoms with Gasteiger partial charge in [0.05, 0.1) is 44.1 Å². The average molecular weight is 933 g/mol. The fourth-order valence-corrected chi connectivity index (χ4v) is 11.3. The van der Waals surface area contributed by atoms with Crippen LogP contribution in [0.3, 0.4) is 0 Å². The van der Waals surface area contributed by atoms with Crippen LogP contribution < -0.4 is 14.2 Å². The molecule has 0 unspecified atom stereocenters. The Hall–Kier alpha value is -4.79. The Bertz CT molecular complexity index is 2350. The summed E-state index contributed by atoms with van der Waals surface area (Å²) < 4.78 is 77.6. The van der Waals surface area contributed by atoms with Crippen LogP contribution in [0.1, 0.15) is 44.4 Å². The van der Waals surface area contributed by atoms with Gasteiger partial charge in [-0.05, 0) is 121 Å². The van der Waals surface area contributed by atoms with Crippen LogP contribution >= 0.6 is 22.6 Å². The number of sulfonamides is 1. The van der Waals surface area contributed by atoms with Crippen molar-refractivity contribution in [2.75, 3.05) is 27.1 Å². The molecule has 1 amide bonds. The highest BCUT2D eigenvalue weighted by Gasteiger charge is 2.40. The Balaban J connectivity index is 1.72. The zero-order valence-corrected chi connectivity index (χ0v) is 36.4. The number of ether oxygens (including phenoxy) is 3. The van der Waals surface area contributed by atoms with Crippen LogP contribution in [0, 0.1) is 3.57 Å². The monoisotopic (exact) mass is 932 g/mol. The van der Waals surface area contributed by atoms with Gasteiger partial charge in [0.15, 0.2) is 9.84 Å². The first-order chi connectivity index (χ1) is 26.9. The molecule has 0 bridgehead atoms. The number of amides is 1. The minimum atomic E-state index is -4.78. The third-order valence-electron chi connectivity index (χ3n) is 9.03. The van der Waals surface area contributed by atoms with E-state index in [0.29, 0.717) is 31.9 Å². The van der Waals surface area contributed by atoms with Crippen molar-refractivity contribution in [3.63, 3.8) is 0 Å². The molecule has 18 heteroatoms. The molecule has 1 aromatic heterocycles. The van der Waals surface area contributed by atoms with Gasteiger partial charge in [0.1, 0.15) is 22.1 Å². The lowest BCUT2D eigenvalue weighted by atomic mass is 10.0. The zero-order valence-electron chi connectivity index (χ0n) is 32.6. The molecule has 5 aromatic rings. The zero-order chi connectivity index (χ0) is 41.7. The van der Waals surface area contributed by atoms with Crippen LogP contribution in [0.5, 0.6) is 17.2 Å². The number of carbonyl (C=O) groups is 1. The molecule has 0 aliphatic carbocycles. The minimum Gasteiger partial charge on any atom is -0.497 e. The summed E-state index contributed by atoms with van der Waals surface area (Å²) in [5.41, 5.74) is 0.977. The number of carboxylic acid groups (broad SMARTS) is 1. The van der Waals surface area contributed by atoms with Gasteiger partial charge in [-0.1, -0.05) is 36.4 Å². The van der Waals surface area contributed by atoms with Gasteiger partial charge in [-0.15, -0.1) is 10.2 Å². The Morgan fingerprint density at radius 1 is 0.789 bits per heavy atom. The van der Waals surface area contributed by atoms with Crippen molar-refractivity contribution >= 4 is 48.5 Å². The summed E-state index contributed by atoms with van der Waals surface area (Å²) in [6, 6.07) is 22.6. The molecule has 0 aliphatic rings. The topological polar surface area (TPSA) is 183 Å². The first-order valence-corrected chi connectivity index (χ1v) is 21.8. The lowest BCUT2D eigenvalue weighted by Gasteiger charge is -2.38. The van der Waals surface area contributed by atoms with Crippen LogP contribution in [0.2, 0.25) is 0 Å². The second kappa shape index (κ2) is 17.8. The first-order valence-electron chi connectivity index (χ1n) is 17.6. The highest BCUT2D eigenvalue weighted by atomic mass is 127. The quantitative estimate of drug-likeness (QED) is 0.108. The van der Waals surface area contributed by atoms with Crippen LogP contribution in [-0.2, 0) is 39.5 Å². The summed E-state index contributed by atoms with van der Waals surface area (Å²) in [6.45, 7) is 6.29. The van der Waals surface area contributed by atoms with Gasteiger partial charge >= 0.3 is 6.09 Å². The molecule has 1 N–H and O–H groups in total. The summed E-state index contributed by atoms with van der Waals surface area (Å²) >= 11 is 1.93. The van der Waals surface area contributed by atoms with Gasteiger partial charge in [-0.2, -0.15) is 9.10 Å². The maximum atomic E-state index is 15.5. The number of sulfone groups is 1. The Morgan fingerprint density at radius 2 is 1.26 bits per heavy atom. The molecule has 0 aliphatic heterocycles. The van der Waals surface area contributed by atoms with Crippen molar-refractivity contribution in [3.8, 4) is 28.6 Å². The van der Waals surface area contributed by atoms with E-state index < -0.39 is 53.1 Å². The number of aromatic nitrogens is 4. The molecule has 0 saturated heterocycles. The molecule has 1 heterocycles. The van der Waals surface area contributed by atoms with Crippen molar-refractivity contribution in [2.45, 2.75) is 68.7 Å². The highest BCUT2D eigenvalue weighted by molar-refractivity contribution is 14.1. The second-order valence-corrected chi connectivity index (χ2v) is 19.2. The van der Waals surface area contributed by atoms with Crippen molar-refractivity contribution in [1.82, 2.24) is 29.4 Å². The molecule has 15 nitrogen and oxygen atoms in total. The predicted octanol–water partition coefficient (Wildman–Crippen LogP) is 6.35. The van der Waals surface area contributed by atoms with E-state index in [-0.39, 0.29) is 31.0 Å². The molecular weight excluding hydrogens is 887 g/mol. The number of hydrogen-bond donors (Lipinski definition) is 1. The number of halogens is 1. The predicted molar refractivity (Wildman–Crippen MR) is 222 cm³/mol. The van der Waals surface area contributed by atoms with E-state index in [9.17, 15) is 18.3 Å². The molecule has 0 saturated carbocycles. The smallest absolute Gasteiger partial charge is 0.408 e. The molecule has 4 aromatic carbocycles. The summed E-state index contributed by atoms with van der Waals surface area (Å²) in [5, 5.41) is 23.1. The SMILES string of the molecule is COc1ccc(CN(Cc2ccc(OC)cc2)S(=O)(=O)c2c(S(=O)(=O)C[C@H](C)N(C(=O)O)C(C)(C)C)ccc(I)c2-c2nnn(Cc3ccc(OC)cc3)n2)cc1. The lowest BCUT2D eigenvalue weighted by Crippen LogP contribution is -2.52. The number of hydrogen-bond acceptors (Lipinski definition) is 11. The van der Waals surface area contributed by atoms with Crippen LogP contribution in [0.15, 0.2) is 94.7 Å². The van der Waals surface area contributed by atoms with Gasteiger partial charge in [0.2, 0.25) is 15.8 Å². The van der Waals surface area contributed by atoms with Gasteiger partial charge in [0, 0.05) is 28.2 Å². The Labute approximate surface area is 346 Å². The third-order valence-corrected chi connectivity index (χ3v) is 13.9. The summed E-state index contributed by atoms with van der Waals surface area (Å²) in [7, 11) is -4.72. The number of benzene rings is 4. The van der Waals surface area contributed by atoms with E-state index >= 15 is 8.42 Å². The van der Waals surface area contributed by atoms with Gasteiger partial charge in [-0.3, -0.25) is 4.90 Å². The van der Waals surface area contributed by atoms with E-state index in [1.54, 1.807) is 88.5 Å². The van der Waals surface area contributed by atoms with E-state index in [1.807, 2.05) is 34.7 Å². The fourth-order valence-electron chi connectivity index (χ4n) is 6.40. The number of nitrogens with zero attached hydrogens (tertiary/aromatic N) is 6. The molecule has 0 radical (unpaired) electrons. The maximum Gasteiger partial charge on any atom is 0.408 e. The van der Waals surface area contributed by atoms with Crippen LogP contribution in [-0.4, -0.2) is 96.1 Å². The Kier molecular flexibility index (Phi) is 13.5. The molecule has 0 spiro atoms. The average Bonchev–Trinajstić information content (AvgIpc) is 3.62. The van der Waals surface area contributed by atoms with Crippen molar-refractivity contribution in [3.05, 3.63) is 105 Å². The second-order valence-electron chi connectivity index (χ2n) is 14.2. The van der Waals surface area contributed by atoms with Crippen LogP contribution in [0.25, 0.3) is 11.4 Å². The lowest BCUT2D eigenvalue weighted by molar-refractivity contribution is 0.0815. The number of methoxy groups -OCH3 is 3. The van der Waals surface area contributed by atoms with Crippen molar-refractivity contribution in [1.29, 1.82) is 0 Å². The molecule has 1 atom stereocenters. The minimum absolute atomic E-state index is 0.0642. The Morgan fingerprint density at radius 3 is 1.70 bits per heavy atom. The van der Waals surface area contributed by atoms with Crippen molar-refractivity contribution < 1.29 is 40.9 Å². The summed E-state index contributed by atoms with van der Waals surface area (Å²) in [4.78, 5) is 13.6. The summed E-state index contributed by atoms with van der Waals surface area (Å²) in [5.74, 6) is 0.964. The molecule has 304 valence electrons. The van der Waals surface area contributed by atoms with Crippen LogP contribution in [0.4, 0.5) is 4.79 Å².